The number of hydrogen-bond donors (Lipinski definition) is 1. The molecule has 0 radical (unpaired) electrons. The van der Waals surface area contributed by atoms with Crippen LogP contribution < -0.4 is 4.74 Å². The summed E-state index contributed by atoms with van der Waals surface area (Å²) in [6, 6.07) is 7.79. The van der Waals surface area contributed by atoms with E-state index in [0.717, 1.165) is 50.9 Å². The molecule has 1 aliphatic rings. The molecule has 0 aliphatic carbocycles. The van der Waals surface area contributed by atoms with E-state index >= 15 is 0 Å². The first kappa shape index (κ1) is 14.9. The van der Waals surface area contributed by atoms with E-state index in [0.29, 0.717) is 0 Å². The molecule has 1 saturated heterocycles. The molecule has 1 aromatic carbocycles. The van der Waals surface area contributed by atoms with Gasteiger partial charge in [0.2, 0.25) is 0 Å². The van der Waals surface area contributed by atoms with Crippen molar-refractivity contribution < 1.29 is 14.6 Å². The summed E-state index contributed by atoms with van der Waals surface area (Å²) in [5.41, 5.74) is 1.24. The van der Waals surface area contributed by atoms with Crippen LogP contribution in [0.25, 0.3) is 0 Å². The minimum absolute atomic E-state index is 0.283. The van der Waals surface area contributed by atoms with Crippen LogP contribution in [0.2, 0.25) is 0 Å². The molecule has 1 atom stereocenters. The largest absolute Gasteiger partial charge is 0.497 e. The first-order valence-electron chi connectivity index (χ1n) is 7.30. The van der Waals surface area contributed by atoms with Gasteiger partial charge in [0.25, 0.3) is 0 Å². The zero-order chi connectivity index (χ0) is 14.4. The monoisotopic (exact) mass is 277 g/mol. The third-order valence-corrected chi connectivity index (χ3v) is 3.94. The Morgan fingerprint density at radius 1 is 1.45 bits per heavy atom. The van der Waals surface area contributed by atoms with Gasteiger partial charge < -0.3 is 9.84 Å². The first-order chi connectivity index (χ1) is 9.70. The van der Waals surface area contributed by atoms with Crippen LogP contribution in [-0.4, -0.2) is 42.2 Å². The molecule has 1 heterocycles. The molecule has 1 N–H and O–H groups in total. The topological polar surface area (TPSA) is 49.8 Å². The van der Waals surface area contributed by atoms with Crippen LogP contribution in [0.4, 0.5) is 0 Å². The number of hydrogen-bond acceptors (Lipinski definition) is 3. The highest BCUT2D eigenvalue weighted by molar-refractivity contribution is 5.73. The molecule has 4 nitrogen and oxygen atoms in total. The maximum Gasteiger partial charge on any atom is 0.320 e. The zero-order valence-electron chi connectivity index (χ0n) is 12.0. The molecular formula is C16H23NO3. The molecule has 1 fully saturated rings. The van der Waals surface area contributed by atoms with Gasteiger partial charge in [-0.15, -0.1) is 0 Å². The predicted molar refractivity (Wildman–Crippen MR) is 78.2 cm³/mol. The fourth-order valence-electron chi connectivity index (χ4n) is 2.85. The van der Waals surface area contributed by atoms with E-state index in [1.54, 1.807) is 7.11 Å². The van der Waals surface area contributed by atoms with E-state index in [-0.39, 0.29) is 6.04 Å². The number of aryl methyl sites for hydroxylation is 1. The lowest BCUT2D eigenvalue weighted by Crippen LogP contribution is -2.45. The number of rotatable bonds is 6. The van der Waals surface area contributed by atoms with Crippen LogP contribution in [0.15, 0.2) is 24.3 Å². The highest BCUT2D eigenvalue weighted by Gasteiger charge is 2.27. The Balaban J connectivity index is 1.83. The summed E-state index contributed by atoms with van der Waals surface area (Å²) in [6.07, 6.45) is 4.87. The van der Waals surface area contributed by atoms with Crippen LogP contribution in [-0.2, 0) is 11.2 Å². The number of benzene rings is 1. The summed E-state index contributed by atoms with van der Waals surface area (Å²) in [4.78, 5) is 13.3. The van der Waals surface area contributed by atoms with Gasteiger partial charge >= 0.3 is 5.97 Å². The molecule has 0 aromatic heterocycles. The van der Waals surface area contributed by atoms with Crippen LogP contribution >= 0.6 is 0 Å². The number of likely N-dealkylation sites (tertiary alicyclic amines) is 1. The van der Waals surface area contributed by atoms with Crippen molar-refractivity contribution in [2.75, 3.05) is 20.2 Å². The number of piperidine rings is 1. The fourth-order valence-corrected chi connectivity index (χ4v) is 2.85. The summed E-state index contributed by atoms with van der Waals surface area (Å²) < 4.78 is 5.21. The van der Waals surface area contributed by atoms with Gasteiger partial charge in [-0.05, 0) is 56.5 Å². The molecule has 1 aliphatic heterocycles. The number of nitrogens with zero attached hydrogens (tertiary/aromatic N) is 1. The van der Waals surface area contributed by atoms with E-state index in [1.165, 1.54) is 5.56 Å². The van der Waals surface area contributed by atoms with Crippen molar-refractivity contribution in [3.63, 3.8) is 0 Å². The van der Waals surface area contributed by atoms with E-state index in [4.69, 9.17) is 4.74 Å². The minimum atomic E-state index is -0.675. The lowest BCUT2D eigenvalue weighted by molar-refractivity contribution is -0.144. The smallest absolute Gasteiger partial charge is 0.320 e. The number of carboxylic acids is 1. The number of carboxylic acid groups (broad SMARTS) is 1. The van der Waals surface area contributed by atoms with Gasteiger partial charge in [-0.25, -0.2) is 0 Å². The number of ether oxygens (including phenoxy) is 1. The Labute approximate surface area is 120 Å². The fraction of sp³-hybridized carbons (Fsp3) is 0.562. The van der Waals surface area contributed by atoms with Crippen molar-refractivity contribution in [2.45, 2.75) is 38.1 Å². The normalized spacial score (nSPS) is 19.8. The highest BCUT2D eigenvalue weighted by Crippen LogP contribution is 2.19. The van der Waals surface area contributed by atoms with Crippen molar-refractivity contribution in [3.8, 4) is 5.75 Å². The Bertz CT molecular complexity index is 447. The predicted octanol–water partition coefficient (Wildman–Crippen LogP) is 2.57. The van der Waals surface area contributed by atoms with E-state index in [1.807, 2.05) is 18.2 Å². The van der Waals surface area contributed by atoms with Gasteiger partial charge in [-0.3, -0.25) is 9.69 Å². The second-order valence-corrected chi connectivity index (χ2v) is 5.34. The number of carbonyl (C=O) groups is 1. The van der Waals surface area contributed by atoms with E-state index in [2.05, 4.69) is 11.0 Å². The number of methoxy groups -OCH3 is 1. The Kier molecular flexibility index (Phi) is 5.41. The summed E-state index contributed by atoms with van der Waals surface area (Å²) >= 11 is 0. The van der Waals surface area contributed by atoms with Gasteiger partial charge in [0.15, 0.2) is 0 Å². The van der Waals surface area contributed by atoms with E-state index in [9.17, 15) is 9.90 Å². The van der Waals surface area contributed by atoms with Crippen molar-refractivity contribution in [3.05, 3.63) is 29.8 Å². The molecular weight excluding hydrogens is 254 g/mol. The molecule has 0 amide bonds. The van der Waals surface area contributed by atoms with Crippen LogP contribution in [0, 0.1) is 0 Å². The van der Waals surface area contributed by atoms with Crippen LogP contribution in [0.5, 0.6) is 5.75 Å². The summed E-state index contributed by atoms with van der Waals surface area (Å²) in [7, 11) is 1.67. The third-order valence-electron chi connectivity index (χ3n) is 3.94. The SMILES string of the molecule is COc1cccc(CCCN2CCCCC2C(=O)O)c1. The van der Waals surface area contributed by atoms with Crippen molar-refractivity contribution in [1.29, 1.82) is 0 Å². The molecule has 2 rings (SSSR count). The highest BCUT2D eigenvalue weighted by atomic mass is 16.5. The van der Waals surface area contributed by atoms with Gasteiger partial charge in [0.05, 0.1) is 7.11 Å². The van der Waals surface area contributed by atoms with Crippen molar-refractivity contribution >= 4 is 5.97 Å². The molecule has 1 aromatic rings. The van der Waals surface area contributed by atoms with Gasteiger partial charge in [-0.2, -0.15) is 0 Å². The average molecular weight is 277 g/mol. The zero-order valence-corrected chi connectivity index (χ0v) is 12.0. The summed E-state index contributed by atoms with van der Waals surface area (Å²) in [6.45, 7) is 1.77. The molecule has 4 heteroatoms. The van der Waals surface area contributed by atoms with Gasteiger partial charge in [-0.1, -0.05) is 18.6 Å². The van der Waals surface area contributed by atoms with Gasteiger partial charge in [0, 0.05) is 0 Å². The quantitative estimate of drug-likeness (QED) is 0.868. The molecule has 0 saturated carbocycles. The van der Waals surface area contributed by atoms with Crippen LogP contribution in [0.1, 0.15) is 31.2 Å². The van der Waals surface area contributed by atoms with Crippen molar-refractivity contribution in [1.82, 2.24) is 4.90 Å². The standard InChI is InChI=1S/C16H23NO3/c1-20-14-8-4-6-13(12-14)7-5-11-17-10-3-2-9-15(17)16(18)19/h4,6,8,12,15H,2-3,5,7,9-11H2,1H3,(H,18,19). The van der Waals surface area contributed by atoms with Crippen molar-refractivity contribution in [2.24, 2.45) is 0 Å². The van der Waals surface area contributed by atoms with E-state index < -0.39 is 5.97 Å². The number of aliphatic carboxylic acids is 1. The Hall–Kier alpha value is -1.55. The minimum Gasteiger partial charge on any atom is -0.497 e. The average Bonchev–Trinajstić information content (AvgIpc) is 2.48. The summed E-state index contributed by atoms with van der Waals surface area (Å²) in [5, 5.41) is 9.24. The molecule has 1 unspecified atom stereocenters. The second-order valence-electron chi connectivity index (χ2n) is 5.34. The molecule has 20 heavy (non-hydrogen) atoms. The van der Waals surface area contributed by atoms with Gasteiger partial charge in [0.1, 0.15) is 11.8 Å². The lowest BCUT2D eigenvalue weighted by atomic mass is 10.0. The maximum absolute atomic E-state index is 11.2. The first-order valence-corrected chi connectivity index (χ1v) is 7.30. The molecule has 0 bridgehead atoms. The molecule has 0 spiro atoms. The Morgan fingerprint density at radius 2 is 2.30 bits per heavy atom. The van der Waals surface area contributed by atoms with Crippen LogP contribution in [0.3, 0.4) is 0 Å². The molecule has 110 valence electrons. The third kappa shape index (κ3) is 3.97. The summed E-state index contributed by atoms with van der Waals surface area (Å²) in [5.74, 6) is 0.204. The maximum atomic E-state index is 11.2. The second kappa shape index (κ2) is 7.29. The lowest BCUT2D eigenvalue weighted by Gasteiger charge is -2.32. The Morgan fingerprint density at radius 3 is 3.05 bits per heavy atom.